The van der Waals surface area contributed by atoms with Crippen LogP contribution in [0.3, 0.4) is 0 Å². The molecule has 10 heteroatoms. The van der Waals surface area contributed by atoms with E-state index in [0.717, 1.165) is 18.4 Å². The summed E-state index contributed by atoms with van der Waals surface area (Å²) in [5, 5.41) is 6.01. The molecule has 0 radical (unpaired) electrons. The molecule has 1 fully saturated rings. The Morgan fingerprint density at radius 3 is 2.69 bits per heavy atom. The topological polar surface area (TPSA) is 162 Å². The zero-order valence-corrected chi connectivity index (χ0v) is 15.5. The highest BCUT2D eigenvalue weighted by Crippen LogP contribution is 2.34. The minimum Gasteiger partial charge on any atom is -0.368 e. The van der Waals surface area contributed by atoms with Gasteiger partial charge in [-0.15, -0.1) is 0 Å². The predicted molar refractivity (Wildman–Crippen MR) is 107 cm³/mol. The Balaban J connectivity index is 1.61. The zero-order chi connectivity index (χ0) is 20.4. The molecule has 0 unspecified atom stereocenters. The van der Waals surface area contributed by atoms with Gasteiger partial charge in [-0.3, -0.25) is 19.6 Å². The summed E-state index contributed by atoms with van der Waals surface area (Å²) in [6.07, 6.45) is 7.43. The lowest BCUT2D eigenvalue weighted by Crippen LogP contribution is -2.36. The normalized spacial score (nSPS) is 14.3. The van der Waals surface area contributed by atoms with Crippen molar-refractivity contribution >= 4 is 40.2 Å². The molecule has 0 aliphatic heterocycles. The number of anilines is 3. The van der Waals surface area contributed by atoms with Gasteiger partial charge in [0.25, 0.3) is 5.91 Å². The summed E-state index contributed by atoms with van der Waals surface area (Å²) in [4.78, 5) is 40.6. The molecule has 1 aliphatic rings. The van der Waals surface area contributed by atoms with E-state index in [1.54, 1.807) is 24.5 Å². The Morgan fingerprint density at radius 2 is 1.97 bits per heavy atom. The molecule has 10 nitrogen and oxygen atoms in total. The second-order valence-electron chi connectivity index (χ2n) is 6.99. The van der Waals surface area contributed by atoms with Gasteiger partial charge in [-0.1, -0.05) is 12.8 Å². The van der Waals surface area contributed by atoms with Gasteiger partial charge in [0.15, 0.2) is 11.5 Å². The molecule has 0 aromatic carbocycles. The van der Waals surface area contributed by atoms with E-state index in [0.29, 0.717) is 29.4 Å². The van der Waals surface area contributed by atoms with Gasteiger partial charge in [-0.2, -0.15) is 0 Å². The van der Waals surface area contributed by atoms with Gasteiger partial charge < -0.3 is 22.1 Å². The average Bonchev–Trinajstić information content (AvgIpc) is 3.51. The van der Waals surface area contributed by atoms with E-state index in [1.165, 1.54) is 6.20 Å². The fourth-order valence-electron chi connectivity index (χ4n) is 3.00. The maximum Gasteiger partial charge on any atom is 0.271 e. The monoisotopic (exact) mass is 392 g/mol. The van der Waals surface area contributed by atoms with Crippen molar-refractivity contribution in [3.63, 3.8) is 0 Å². The Labute approximate surface area is 166 Å². The summed E-state index contributed by atoms with van der Waals surface area (Å²) in [6, 6.07) is 4.85. The van der Waals surface area contributed by atoms with Crippen LogP contribution < -0.4 is 22.1 Å². The van der Waals surface area contributed by atoms with E-state index in [1.807, 2.05) is 6.07 Å². The number of primary amides is 2. The van der Waals surface area contributed by atoms with Crippen molar-refractivity contribution < 1.29 is 9.59 Å². The van der Waals surface area contributed by atoms with Crippen molar-refractivity contribution in [3.8, 4) is 0 Å². The Bertz CT molecular complexity index is 1080. The lowest BCUT2D eigenvalue weighted by atomic mass is 10.1. The van der Waals surface area contributed by atoms with E-state index < -0.39 is 17.9 Å². The Kier molecular flexibility index (Phi) is 4.90. The molecule has 0 saturated heterocycles. The fourth-order valence-corrected chi connectivity index (χ4v) is 3.00. The van der Waals surface area contributed by atoms with E-state index >= 15 is 0 Å². The number of carbonyl (C=O) groups excluding carboxylic acids is 2. The van der Waals surface area contributed by atoms with Crippen LogP contribution in [-0.4, -0.2) is 37.8 Å². The maximum atomic E-state index is 11.8. The van der Waals surface area contributed by atoms with Gasteiger partial charge in [0, 0.05) is 6.20 Å². The van der Waals surface area contributed by atoms with Crippen LogP contribution in [0, 0.1) is 5.92 Å². The van der Waals surface area contributed by atoms with Gasteiger partial charge >= 0.3 is 0 Å². The molecule has 1 saturated carbocycles. The highest BCUT2D eigenvalue weighted by atomic mass is 16.1. The first-order chi connectivity index (χ1) is 14.0. The number of nitrogens with two attached hydrogens (primary N) is 2. The molecule has 29 heavy (non-hydrogen) atoms. The third-order valence-electron chi connectivity index (χ3n) is 4.65. The third-order valence-corrected chi connectivity index (χ3v) is 4.65. The van der Waals surface area contributed by atoms with Crippen LogP contribution in [0.1, 0.15) is 29.8 Å². The Morgan fingerprint density at radius 1 is 1.14 bits per heavy atom. The molecule has 0 spiro atoms. The number of nitrogens with zero attached hydrogens (tertiary/aromatic N) is 4. The predicted octanol–water partition coefficient (Wildman–Crippen LogP) is 1.33. The molecule has 148 valence electrons. The van der Waals surface area contributed by atoms with Gasteiger partial charge in [0.05, 0.1) is 29.1 Å². The molecular weight excluding hydrogens is 372 g/mol. The standard InChI is InChI=1S/C19H20N8O2/c20-17(28)14(6-10-3-4-10)26-15-9-24-16(18(21)29)19(27-15)25-11-7-13-12(23-8-11)2-1-5-22-13/h1-2,5,7-10,14H,3-4,6H2,(H2,20,28)(H2,21,29)(H2,25,26,27)/t14-/m1/s1. The third kappa shape index (κ3) is 4.37. The van der Waals surface area contributed by atoms with Gasteiger partial charge in [-0.05, 0) is 30.5 Å². The largest absolute Gasteiger partial charge is 0.368 e. The molecule has 3 aromatic rings. The van der Waals surface area contributed by atoms with Crippen molar-refractivity contribution in [2.45, 2.75) is 25.3 Å². The lowest BCUT2D eigenvalue weighted by Gasteiger charge is -2.17. The number of aromatic nitrogens is 4. The van der Waals surface area contributed by atoms with Crippen LogP contribution in [0.5, 0.6) is 0 Å². The van der Waals surface area contributed by atoms with E-state index in [2.05, 4.69) is 30.6 Å². The smallest absolute Gasteiger partial charge is 0.271 e. The summed E-state index contributed by atoms with van der Waals surface area (Å²) in [5.41, 5.74) is 12.9. The van der Waals surface area contributed by atoms with Gasteiger partial charge in [0.2, 0.25) is 5.91 Å². The average molecular weight is 392 g/mol. The molecule has 6 N–H and O–H groups in total. The number of pyridine rings is 2. The highest BCUT2D eigenvalue weighted by Gasteiger charge is 2.28. The zero-order valence-electron chi connectivity index (χ0n) is 15.5. The van der Waals surface area contributed by atoms with Crippen LogP contribution >= 0.6 is 0 Å². The summed E-state index contributed by atoms with van der Waals surface area (Å²) in [7, 11) is 0. The second-order valence-corrected chi connectivity index (χ2v) is 6.99. The molecule has 0 bridgehead atoms. The SMILES string of the molecule is NC(=O)c1ncc(N[C@H](CC2CC2)C(N)=O)nc1Nc1cnc2cccnc2c1. The van der Waals surface area contributed by atoms with Crippen molar-refractivity contribution in [3.05, 3.63) is 42.5 Å². The van der Waals surface area contributed by atoms with E-state index in [9.17, 15) is 9.59 Å². The van der Waals surface area contributed by atoms with Crippen LogP contribution in [0.15, 0.2) is 36.8 Å². The minimum atomic E-state index is -0.733. The summed E-state index contributed by atoms with van der Waals surface area (Å²) in [5.74, 6) is -0.241. The summed E-state index contributed by atoms with van der Waals surface area (Å²) in [6.45, 7) is 0. The molecule has 1 aliphatic carbocycles. The summed E-state index contributed by atoms with van der Waals surface area (Å²) >= 11 is 0. The molecule has 3 aromatic heterocycles. The quantitative estimate of drug-likeness (QED) is 0.446. The van der Waals surface area contributed by atoms with Gasteiger partial charge in [-0.25, -0.2) is 9.97 Å². The molecule has 3 heterocycles. The highest BCUT2D eigenvalue weighted by molar-refractivity contribution is 5.96. The van der Waals surface area contributed by atoms with E-state index in [4.69, 9.17) is 11.5 Å². The second kappa shape index (κ2) is 7.66. The van der Waals surface area contributed by atoms with Crippen LogP contribution in [0.25, 0.3) is 11.0 Å². The number of hydrogen-bond donors (Lipinski definition) is 4. The van der Waals surface area contributed by atoms with Crippen molar-refractivity contribution in [1.82, 2.24) is 19.9 Å². The first-order valence-electron chi connectivity index (χ1n) is 9.20. The number of carbonyl (C=O) groups is 2. The first kappa shape index (κ1) is 18.5. The van der Waals surface area contributed by atoms with Crippen molar-refractivity contribution in [2.24, 2.45) is 17.4 Å². The summed E-state index contributed by atoms with van der Waals surface area (Å²) < 4.78 is 0. The first-order valence-corrected chi connectivity index (χ1v) is 9.20. The number of amides is 2. The lowest BCUT2D eigenvalue weighted by molar-refractivity contribution is -0.118. The van der Waals surface area contributed by atoms with Crippen molar-refractivity contribution in [1.29, 1.82) is 0 Å². The number of fused-ring (bicyclic) bond motifs is 1. The van der Waals surface area contributed by atoms with Gasteiger partial charge in [0.1, 0.15) is 11.9 Å². The van der Waals surface area contributed by atoms with Crippen LogP contribution in [-0.2, 0) is 4.79 Å². The Hall–Kier alpha value is -3.82. The minimum absolute atomic E-state index is 0.0329. The number of rotatable bonds is 8. The fraction of sp³-hybridized carbons (Fsp3) is 0.263. The molecular formula is C19H20N8O2. The molecule has 1 atom stereocenters. The maximum absolute atomic E-state index is 11.8. The number of nitrogens with one attached hydrogen (secondary N) is 2. The van der Waals surface area contributed by atoms with E-state index in [-0.39, 0.29) is 11.5 Å². The van der Waals surface area contributed by atoms with Crippen LogP contribution in [0.2, 0.25) is 0 Å². The molecule has 4 rings (SSSR count). The molecule has 2 amide bonds. The van der Waals surface area contributed by atoms with Crippen molar-refractivity contribution in [2.75, 3.05) is 10.6 Å². The number of hydrogen-bond acceptors (Lipinski definition) is 8. The van der Waals surface area contributed by atoms with Crippen LogP contribution in [0.4, 0.5) is 17.3 Å².